The summed E-state index contributed by atoms with van der Waals surface area (Å²) in [5.74, 6) is -0.400. The van der Waals surface area contributed by atoms with Gasteiger partial charge in [0.25, 0.3) is 5.91 Å². The summed E-state index contributed by atoms with van der Waals surface area (Å²) in [6.45, 7) is 0.350. The lowest BCUT2D eigenvalue weighted by molar-refractivity contribution is 0.0762. The molecular weight excluding hydrogens is 553 g/mol. The van der Waals surface area contributed by atoms with Crippen molar-refractivity contribution < 1.29 is 22.3 Å². The summed E-state index contributed by atoms with van der Waals surface area (Å²) in [6, 6.07) is 28.9. The van der Waals surface area contributed by atoms with E-state index in [0.717, 1.165) is 22.9 Å². The van der Waals surface area contributed by atoms with Crippen LogP contribution < -0.4 is 9.04 Å². The van der Waals surface area contributed by atoms with Gasteiger partial charge in [-0.2, -0.15) is 0 Å². The maximum atomic E-state index is 14.2. The van der Waals surface area contributed by atoms with E-state index in [1.165, 1.54) is 23.5 Å². The first kappa shape index (κ1) is 27.4. The van der Waals surface area contributed by atoms with Crippen LogP contribution >= 0.6 is 0 Å². The average Bonchev–Trinajstić information content (AvgIpc) is 3.31. The summed E-state index contributed by atoms with van der Waals surface area (Å²) in [6.07, 6.45) is 2.15. The highest BCUT2D eigenvalue weighted by Gasteiger charge is 2.38. The number of halogens is 1. The lowest BCUT2D eigenvalue weighted by Crippen LogP contribution is -2.26. The number of sulfonamides is 1. The number of hydrogen-bond acceptors (Lipinski definition) is 5. The normalized spacial score (nSPS) is 13.0. The van der Waals surface area contributed by atoms with Gasteiger partial charge in [-0.3, -0.25) is 14.1 Å². The second-order valence-corrected chi connectivity index (χ2v) is 12.3. The number of amides is 1. The summed E-state index contributed by atoms with van der Waals surface area (Å²) >= 11 is 0. The van der Waals surface area contributed by atoms with Gasteiger partial charge in [0.2, 0.25) is 10.0 Å². The Labute approximate surface area is 243 Å². The first-order valence-electron chi connectivity index (χ1n) is 13.4. The molecule has 5 aromatic rings. The minimum Gasteiger partial charge on any atom is -0.478 e. The highest BCUT2D eigenvalue weighted by atomic mass is 32.2. The predicted molar refractivity (Wildman–Crippen MR) is 160 cm³/mol. The van der Waals surface area contributed by atoms with Gasteiger partial charge in [-0.25, -0.2) is 12.8 Å². The Kier molecular flexibility index (Phi) is 7.12. The fourth-order valence-electron chi connectivity index (χ4n) is 5.39. The number of pyridine rings is 1. The molecule has 0 atom stereocenters. The van der Waals surface area contributed by atoms with E-state index in [2.05, 4.69) is 4.98 Å². The molecule has 0 saturated carbocycles. The van der Waals surface area contributed by atoms with Crippen molar-refractivity contribution in [2.24, 2.45) is 0 Å². The maximum Gasteiger partial charge on any atom is 0.258 e. The molecule has 0 N–H and O–H groups in total. The summed E-state index contributed by atoms with van der Waals surface area (Å²) in [5.41, 5.74) is 4.08. The molecule has 9 heteroatoms. The van der Waals surface area contributed by atoms with Crippen molar-refractivity contribution in [3.8, 4) is 5.75 Å². The average molecular weight is 582 g/mol. The molecule has 1 aromatic heterocycles. The molecule has 1 aliphatic heterocycles. The minimum absolute atomic E-state index is 0.142. The van der Waals surface area contributed by atoms with Gasteiger partial charge in [0.05, 0.1) is 17.5 Å². The van der Waals surface area contributed by atoms with Crippen LogP contribution in [0.25, 0.3) is 10.9 Å². The van der Waals surface area contributed by atoms with Crippen molar-refractivity contribution in [3.05, 3.63) is 137 Å². The standard InChI is InChI=1S/C33H28FN3O4S/c1-36(42(2,39)40)30-26-14-9-19-35-29(26)32(41-31(23-10-5-3-6-11-23)24-12-7-4-8-13-24)28-27(30)21-37(33(28)38)20-22-15-17-25(34)18-16-22/h3-19,31H,20-21H2,1-2H3. The Hall–Kier alpha value is -4.76. The molecule has 0 aliphatic carbocycles. The summed E-state index contributed by atoms with van der Waals surface area (Å²) in [4.78, 5) is 20.4. The molecule has 4 aromatic carbocycles. The Morgan fingerprint density at radius 1 is 0.929 bits per heavy atom. The van der Waals surface area contributed by atoms with Crippen molar-refractivity contribution in [2.75, 3.05) is 17.6 Å². The molecule has 0 saturated heterocycles. The van der Waals surface area contributed by atoms with Gasteiger partial charge < -0.3 is 9.64 Å². The van der Waals surface area contributed by atoms with Crippen LogP contribution in [0.2, 0.25) is 0 Å². The van der Waals surface area contributed by atoms with Gasteiger partial charge in [-0.05, 0) is 41.0 Å². The lowest BCUT2D eigenvalue weighted by Gasteiger charge is -2.26. The molecule has 0 bridgehead atoms. The maximum absolute atomic E-state index is 14.2. The van der Waals surface area contributed by atoms with Gasteiger partial charge in [-0.1, -0.05) is 72.8 Å². The second kappa shape index (κ2) is 10.9. The van der Waals surface area contributed by atoms with Crippen LogP contribution in [0.3, 0.4) is 0 Å². The van der Waals surface area contributed by atoms with Gasteiger partial charge in [-0.15, -0.1) is 0 Å². The topological polar surface area (TPSA) is 79.8 Å². The number of carbonyl (C=O) groups is 1. The summed E-state index contributed by atoms with van der Waals surface area (Å²) in [5, 5.41) is 0.551. The molecule has 0 unspecified atom stereocenters. The number of benzene rings is 4. The molecule has 0 spiro atoms. The van der Waals surface area contributed by atoms with Crippen LogP contribution in [0, 0.1) is 5.82 Å². The van der Waals surface area contributed by atoms with Gasteiger partial charge in [0.15, 0.2) is 5.75 Å². The third kappa shape index (κ3) is 5.07. The number of fused-ring (bicyclic) bond motifs is 2. The number of hydrogen-bond donors (Lipinski definition) is 0. The molecule has 1 aliphatic rings. The number of aromatic nitrogens is 1. The Morgan fingerprint density at radius 2 is 1.55 bits per heavy atom. The summed E-state index contributed by atoms with van der Waals surface area (Å²) < 4.78 is 47.3. The largest absolute Gasteiger partial charge is 0.478 e. The van der Waals surface area contributed by atoms with Crippen LogP contribution in [0.15, 0.2) is 103 Å². The van der Waals surface area contributed by atoms with Gasteiger partial charge >= 0.3 is 0 Å². The number of carbonyl (C=O) groups excluding carboxylic acids is 1. The molecule has 0 fully saturated rings. The molecule has 1 amide bonds. The van der Waals surface area contributed by atoms with Gasteiger partial charge in [0.1, 0.15) is 17.4 Å². The van der Waals surface area contributed by atoms with Gasteiger partial charge in [0, 0.05) is 37.3 Å². The Bertz CT molecular complexity index is 1840. The zero-order chi connectivity index (χ0) is 29.4. The fraction of sp³-hybridized carbons (Fsp3) is 0.152. The van der Waals surface area contributed by atoms with Crippen molar-refractivity contribution in [1.82, 2.24) is 9.88 Å². The molecule has 0 radical (unpaired) electrons. The number of anilines is 1. The number of ether oxygens (including phenoxy) is 1. The van der Waals surface area contributed by atoms with Crippen LogP contribution in [0.1, 0.15) is 38.7 Å². The highest BCUT2D eigenvalue weighted by Crippen LogP contribution is 2.46. The highest BCUT2D eigenvalue weighted by molar-refractivity contribution is 7.92. The SMILES string of the molecule is CN(c1c2c(c(OC(c3ccccc3)c3ccccc3)c3ncccc13)C(=O)N(Cc1ccc(F)cc1)C2)S(C)(=O)=O. The smallest absolute Gasteiger partial charge is 0.258 e. The first-order valence-corrected chi connectivity index (χ1v) is 15.2. The molecular formula is C33H28FN3O4S. The molecule has 2 heterocycles. The van der Waals surface area contributed by atoms with Crippen molar-refractivity contribution in [3.63, 3.8) is 0 Å². The van der Waals surface area contributed by atoms with E-state index in [9.17, 15) is 17.6 Å². The predicted octanol–water partition coefficient (Wildman–Crippen LogP) is 6.09. The molecule has 42 heavy (non-hydrogen) atoms. The second-order valence-electron chi connectivity index (χ2n) is 10.3. The molecule has 212 valence electrons. The third-order valence-corrected chi connectivity index (χ3v) is 8.66. The van der Waals surface area contributed by atoms with Crippen LogP contribution in [0.5, 0.6) is 5.75 Å². The van der Waals surface area contributed by atoms with Crippen molar-refractivity contribution in [2.45, 2.75) is 19.2 Å². The van der Waals surface area contributed by atoms with E-state index in [4.69, 9.17) is 4.74 Å². The lowest BCUT2D eigenvalue weighted by atomic mass is 9.99. The van der Waals surface area contributed by atoms with Crippen molar-refractivity contribution in [1.29, 1.82) is 0 Å². The van der Waals surface area contributed by atoms with Crippen LogP contribution in [-0.4, -0.2) is 37.5 Å². The van der Waals surface area contributed by atoms with Crippen LogP contribution in [-0.2, 0) is 23.1 Å². The van der Waals surface area contributed by atoms with E-state index in [0.29, 0.717) is 22.2 Å². The number of nitrogens with zero attached hydrogens (tertiary/aromatic N) is 3. The van der Waals surface area contributed by atoms with E-state index in [1.54, 1.807) is 35.4 Å². The monoisotopic (exact) mass is 581 g/mol. The summed E-state index contributed by atoms with van der Waals surface area (Å²) in [7, 11) is -2.22. The Morgan fingerprint density at radius 3 is 2.14 bits per heavy atom. The van der Waals surface area contributed by atoms with E-state index in [-0.39, 0.29) is 36.1 Å². The molecule has 7 nitrogen and oxygen atoms in total. The van der Waals surface area contributed by atoms with E-state index < -0.39 is 16.1 Å². The minimum atomic E-state index is -3.70. The van der Waals surface area contributed by atoms with Crippen LogP contribution in [0.4, 0.5) is 10.1 Å². The third-order valence-electron chi connectivity index (χ3n) is 7.48. The quantitative estimate of drug-likeness (QED) is 0.222. The zero-order valence-electron chi connectivity index (χ0n) is 23.1. The fourth-order valence-corrected chi connectivity index (χ4v) is 5.94. The number of rotatable bonds is 8. The zero-order valence-corrected chi connectivity index (χ0v) is 23.9. The Balaban J connectivity index is 1.57. The molecule has 6 rings (SSSR count). The van der Waals surface area contributed by atoms with E-state index in [1.807, 2.05) is 60.7 Å². The van der Waals surface area contributed by atoms with E-state index >= 15 is 0 Å². The van der Waals surface area contributed by atoms with Crippen molar-refractivity contribution >= 4 is 32.5 Å². The first-order chi connectivity index (χ1) is 20.2.